The van der Waals surface area contributed by atoms with E-state index >= 15 is 4.39 Å². The highest BCUT2D eigenvalue weighted by atomic mass is 19.1. The SMILES string of the molecule is O=C1CCC(N2C(=O)c3ccc(F)c(N4CC5(CCN(Cc6ccccc6)C5)C4)c3C2=O)C(=O)N1. The predicted molar refractivity (Wildman–Crippen MR) is 124 cm³/mol. The van der Waals surface area contributed by atoms with Crippen LogP contribution in [0.25, 0.3) is 0 Å². The number of likely N-dealkylation sites (tertiary alicyclic amines) is 1. The van der Waals surface area contributed by atoms with Crippen LogP contribution in [0.5, 0.6) is 0 Å². The van der Waals surface area contributed by atoms with Crippen LogP contribution < -0.4 is 10.2 Å². The molecule has 8 nitrogen and oxygen atoms in total. The lowest BCUT2D eigenvalue weighted by Gasteiger charge is -2.50. The third-order valence-corrected chi connectivity index (χ3v) is 7.67. The number of fused-ring (bicyclic) bond motifs is 1. The molecular formula is C26H25FN4O4. The minimum Gasteiger partial charge on any atom is -0.367 e. The summed E-state index contributed by atoms with van der Waals surface area (Å²) in [6, 6.07) is 11.7. The molecule has 0 aliphatic carbocycles. The number of nitrogens with one attached hydrogen (secondary N) is 1. The minimum absolute atomic E-state index is 0.0219. The minimum atomic E-state index is -1.07. The molecule has 3 fully saturated rings. The van der Waals surface area contributed by atoms with Gasteiger partial charge in [-0.15, -0.1) is 0 Å². The maximum absolute atomic E-state index is 15.1. The number of piperidine rings is 1. The first-order valence-electron chi connectivity index (χ1n) is 11.9. The summed E-state index contributed by atoms with van der Waals surface area (Å²) >= 11 is 0. The van der Waals surface area contributed by atoms with Gasteiger partial charge >= 0.3 is 0 Å². The number of amides is 4. The van der Waals surface area contributed by atoms with E-state index in [-0.39, 0.29) is 35.1 Å². The maximum Gasteiger partial charge on any atom is 0.264 e. The first kappa shape index (κ1) is 21.9. The van der Waals surface area contributed by atoms with E-state index in [0.717, 1.165) is 31.0 Å². The van der Waals surface area contributed by atoms with Gasteiger partial charge in [0.25, 0.3) is 11.8 Å². The summed E-state index contributed by atoms with van der Waals surface area (Å²) in [5, 5.41) is 2.19. The summed E-state index contributed by atoms with van der Waals surface area (Å²) in [6.07, 6.45) is 1.10. The van der Waals surface area contributed by atoms with E-state index in [0.29, 0.717) is 13.1 Å². The van der Waals surface area contributed by atoms with Crippen LogP contribution in [0, 0.1) is 11.2 Å². The van der Waals surface area contributed by atoms with Crippen molar-refractivity contribution in [2.45, 2.75) is 31.8 Å². The van der Waals surface area contributed by atoms with Gasteiger partial charge in [-0.2, -0.15) is 0 Å². The Morgan fingerprint density at radius 3 is 2.49 bits per heavy atom. The fraction of sp³-hybridized carbons (Fsp3) is 0.385. The highest BCUT2D eigenvalue weighted by Crippen LogP contribution is 2.46. The number of carbonyl (C=O) groups excluding carboxylic acids is 4. The second-order valence-electron chi connectivity index (χ2n) is 10.1. The zero-order valence-corrected chi connectivity index (χ0v) is 19.1. The van der Waals surface area contributed by atoms with Gasteiger partial charge in [-0.05, 0) is 37.1 Å². The Hall–Kier alpha value is -3.59. The summed E-state index contributed by atoms with van der Waals surface area (Å²) in [4.78, 5) is 55.5. The fourth-order valence-corrected chi connectivity index (χ4v) is 6.01. The molecule has 180 valence electrons. The summed E-state index contributed by atoms with van der Waals surface area (Å²) in [5.74, 6) is -2.95. The lowest BCUT2D eigenvalue weighted by Crippen LogP contribution is -2.58. The highest BCUT2D eigenvalue weighted by molar-refractivity contribution is 6.25. The second kappa shape index (κ2) is 7.98. The predicted octanol–water partition coefficient (Wildman–Crippen LogP) is 1.94. The Bertz CT molecular complexity index is 1260. The molecule has 0 aromatic heterocycles. The lowest BCUT2D eigenvalue weighted by atomic mass is 9.78. The van der Waals surface area contributed by atoms with Crippen LogP contribution in [-0.4, -0.2) is 65.6 Å². The molecule has 1 unspecified atom stereocenters. The molecule has 3 saturated heterocycles. The van der Waals surface area contributed by atoms with Crippen molar-refractivity contribution in [1.82, 2.24) is 15.1 Å². The average Bonchev–Trinajstić information content (AvgIpc) is 3.34. The van der Waals surface area contributed by atoms with E-state index in [1.807, 2.05) is 23.1 Å². The molecule has 1 spiro atoms. The Balaban J connectivity index is 1.21. The molecular weight excluding hydrogens is 451 g/mol. The van der Waals surface area contributed by atoms with Gasteiger partial charge in [-0.1, -0.05) is 30.3 Å². The Morgan fingerprint density at radius 2 is 1.74 bits per heavy atom. The third kappa shape index (κ3) is 3.53. The summed E-state index contributed by atoms with van der Waals surface area (Å²) in [5.41, 5.74) is 1.55. The molecule has 35 heavy (non-hydrogen) atoms. The fourth-order valence-electron chi connectivity index (χ4n) is 6.01. The van der Waals surface area contributed by atoms with Gasteiger partial charge < -0.3 is 4.90 Å². The molecule has 4 heterocycles. The summed E-state index contributed by atoms with van der Waals surface area (Å²) < 4.78 is 15.1. The zero-order valence-electron chi connectivity index (χ0n) is 19.1. The highest BCUT2D eigenvalue weighted by Gasteiger charge is 2.52. The van der Waals surface area contributed by atoms with Gasteiger partial charge in [-0.3, -0.25) is 34.3 Å². The second-order valence-corrected chi connectivity index (χ2v) is 10.1. The largest absolute Gasteiger partial charge is 0.367 e. The van der Waals surface area contributed by atoms with Crippen LogP contribution in [0.4, 0.5) is 10.1 Å². The molecule has 1 atom stereocenters. The van der Waals surface area contributed by atoms with Gasteiger partial charge in [0.15, 0.2) is 0 Å². The van der Waals surface area contributed by atoms with Gasteiger partial charge in [0.2, 0.25) is 11.8 Å². The van der Waals surface area contributed by atoms with Crippen molar-refractivity contribution in [2.75, 3.05) is 31.1 Å². The number of hydrogen-bond donors (Lipinski definition) is 1. The Labute approximate surface area is 201 Å². The number of carbonyl (C=O) groups is 4. The van der Waals surface area contributed by atoms with Crippen molar-refractivity contribution in [2.24, 2.45) is 5.41 Å². The van der Waals surface area contributed by atoms with E-state index in [1.165, 1.54) is 17.7 Å². The quantitative estimate of drug-likeness (QED) is 0.679. The van der Waals surface area contributed by atoms with Crippen molar-refractivity contribution in [1.29, 1.82) is 0 Å². The van der Waals surface area contributed by atoms with Crippen LogP contribution in [0.2, 0.25) is 0 Å². The van der Waals surface area contributed by atoms with Gasteiger partial charge in [-0.25, -0.2) is 4.39 Å². The van der Waals surface area contributed by atoms with Gasteiger partial charge in [0, 0.05) is 38.0 Å². The molecule has 0 radical (unpaired) electrons. The van der Waals surface area contributed by atoms with E-state index in [1.54, 1.807) is 0 Å². The van der Waals surface area contributed by atoms with Crippen molar-refractivity contribution < 1.29 is 23.6 Å². The van der Waals surface area contributed by atoms with E-state index < -0.39 is 35.5 Å². The van der Waals surface area contributed by atoms with Crippen molar-refractivity contribution in [3.05, 3.63) is 65.0 Å². The number of benzene rings is 2. The topological polar surface area (TPSA) is 90.0 Å². The maximum atomic E-state index is 15.1. The summed E-state index contributed by atoms with van der Waals surface area (Å²) in [6.45, 7) is 3.92. The first-order chi connectivity index (χ1) is 16.8. The molecule has 2 aromatic rings. The number of nitrogens with zero attached hydrogens (tertiary/aromatic N) is 3. The number of imide groups is 2. The molecule has 6 rings (SSSR count). The number of rotatable bonds is 4. The van der Waals surface area contributed by atoms with Crippen LogP contribution in [0.1, 0.15) is 45.5 Å². The monoisotopic (exact) mass is 476 g/mol. The number of anilines is 1. The van der Waals surface area contributed by atoms with Gasteiger partial charge in [0.05, 0.1) is 16.8 Å². The zero-order chi connectivity index (χ0) is 24.3. The van der Waals surface area contributed by atoms with Crippen molar-refractivity contribution in [3.63, 3.8) is 0 Å². The van der Waals surface area contributed by atoms with Crippen LogP contribution >= 0.6 is 0 Å². The normalized spacial score (nSPS) is 23.6. The van der Waals surface area contributed by atoms with Crippen molar-refractivity contribution >= 4 is 29.3 Å². The lowest BCUT2D eigenvalue weighted by molar-refractivity contribution is -0.136. The molecule has 0 saturated carbocycles. The summed E-state index contributed by atoms with van der Waals surface area (Å²) in [7, 11) is 0. The van der Waals surface area contributed by atoms with E-state index in [4.69, 9.17) is 0 Å². The standard InChI is InChI=1S/C26H25FN4O4/c27-18-7-6-17-21(25(35)31(24(17)34)19-8-9-20(32)28-23(19)33)22(18)30-14-26(15-30)10-11-29(13-26)12-16-4-2-1-3-5-16/h1-7,19H,8-15H2,(H,28,32,33). The van der Waals surface area contributed by atoms with Crippen LogP contribution in [-0.2, 0) is 16.1 Å². The van der Waals surface area contributed by atoms with Gasteiger partial charge in [0.1, 0.15) is 11.9 Å². The molecule has 9 heteroatoms. The molecule has 1 N–H and O–H groups in total. The van der Waals surface area contributed by atoms with Crippen LogP contribution in [0.15, 0.2) is 42.5 Å². The van der Waals surface area contributed by atoms with E-state index in [2.05, 4.69) is 22.3 Å². The number of hydrogen-bond acceptors (Lipinski definition) is 6. The van der Waals surface area contributed by atoms with E-state index in [9.17, 15) is 19.2 Å². The van der Waals surface area contributed by atoms with Crippen LogP contribution in [0.3, 0.4) is 0 Å². The molecule has 4 aliphatic heterocycles. The Kier molecular flexibility index (Phi) is 5.00. The number of halogens is 1. The molecule has 4 amide bonds. The smallest absolute Gasteiger partial charge is 0.264 e. The average molecular weight is 477 g/mol. The molecule has 2 aromatic carbocycles. The van der Waals surface area contributed by atoms with Crippen molar-refractivity contribution in [3.8, 4) is 0 Å². The molecule has 4 aliphatic rings. The third-order valence-electron chi connectivity index (χ3n) is 7.67. The Morgan fingerprint density at radius 1 is 0.971 bits per heavy atom. The first-order valence-corrected chi connectivity index (χ1v) is 11.9. The molecule has 0 bridgehead atoms.